The number of amides is 1. The van der Waals surface area contributed by atoms with Gasteiger partial charge in [-0.1, -0.05) is 19.4 Å². The van der Waals surface area contributed by atoms with Gasteiger partial charge in [0.1, 0.15) is 17.3 Å². The number of aromatic nitrogens is 1. The van der Waals surface area contributed by atoms with Crippen molar-refractivity contribution in [3.63, 3.8) is 0 Å². The molecule has 1 aliphatic carbocycles. The van der Waals surface area contributed by atoms with Crippen LogP contribution < -0.4 is 11.1 Å². The fraction of sp³-hybridized carbons (Fsp3) is 0.417. The summed E-state index contributed by atoms with van der Waals surface area (Å²) in [6.45, 7) is 6.23. The number of carbonyl (C=O) groups is 1. The van der Waals surface area contributed by atoms with Crippen molar-refractivity contribution in [3.8, 4) is 6.07 Å². The number of benzene rings is 1. The van der Waals surface area contributed by atoms with Crippen molar-refractivity contribution >= 4 is 17.4 Å². The molecule has 32 heavy (non-hydrogen) atoms. The predicted octanol–water partition coefficient (Wildman–Crippen LogP) is 4.93. The maximum Gasteiger partial charge on any atom is 0.281 e. The molecule has 1 aromatic heterocycles. The number of hydrogen-bond donors (Lipinski definition) is 2. The van der Waals surface area contributed by atoms with Crippen LogP contribution in [0.15, 0.2) is 41.5 Å². The maximum atomic E-state index is 16.0. The van der Waals surface area contributed by atoms with Crippen molar-refractivity contribution in [3.05, 3.63) is 58.9 Å². The second kappa shape index (κ2) is 8.30. The average Bonchev–Trinajstić information content (AvgIpc) is 2.72. The van der Waals surface area contributed by atoms with E-state index in [9.17, 15) is 4.79 Å². The highest BCUT2D eigenvalue weighted by Crippen LogP contribution is 2.60. The first kappa shape index (κ1) is 23.3. The molecular weight excluding hydrogens is 412 g/mol. The van der Waals surface area contributed by atoms with Gasteiger partial charge in [0.2, 0.25) is 0 Å². The SMILES string of the molecule is CC(N)=N[C@](C)(c1cc(NC(=O)c2ccc(C#N)cn2)ccc1C)C(F)(F)C1(C)CCC1. The molecule has 3 N–H and O–H groups in total. The number of hydrogen-bond acceptors (Lipinski definition) is 4. The van der Waals surface area contributed by atoms with Crippen LogP contribution in [0.4, 0.5) is 14.5 Å². The van der Waals surface area contributed by atoms with Crippen LogP contribution in [0.2, 0.25) is 0 Å². The van der Waals surface area contributed by atoms with Crippen molar-refractivity contribution in [1.82, 2.24) is 4.98 Å². The van der Waals surface area contributed by atoms with Gasteiger partial charge in [0.25, 0.3) is 11.8 Å². The van der Waals surface area contributed by atoms with Gasteiger partial charge in [-0.2, -0.15) is 5.26 Å². The van der Waals surface area contributed by atoms with Gasteiger partial charge in [-0.25, -0.2) is 13.8 Å². The molecule has 1 aromatic carbocycles. The topological polar surface area (TPSA) is 104 Å². The van der Waals surface area contributed by atoms with Crippen LogP contribution in [0.3, 0.4) is 0 Å². The molecule has 2 aromatic rings. The van der Waals surface area contributed by atoms with Gasteiger partial charge >= 0.3 is 0 Å². The highest BCUT2D eigenvalue weighted by molar-refractivity contribution is 6.02. The van der Waals surface area contributed by atoms with Crippen molar-refractivity contribution < 1.29 is 13.6 Å². The Morgan fingerprint density at radius 1 is 1.31 bits per heavy atom. The molecule has 1 aliphatic rings. The molecule has 3 rings (SSSR count). The number of anilines is 1. The molecular formula is C24H27F2N5O. The Balaban J connectivity index is 2.02. The summed E-state index contributed by atoms with van der Waals surface area (Å²) >= 11 is 0. The molecule has 0 bridgehead atoms. The van der Waals surface area contributed by atoms with Crippen molar-refractivity contribution in [2.75, 3.05) is 5.32 Å². The number of rotatable bonds is 6. The van der Waals surface area contributed by atoms with Gasteiger partial charge in [-0.05, 0) is 69.0 Å². The third-order valence-corrected chi connectivity index (χ3v) is 6.37. The van der Waals surface area contributed by atoms with Gasteiger partial charge in [0.05, 0.1) is 11.4 Å². The largest absolute Gasteiger partial charge is 0.388 e. The number of nitrogens with two attached hydrogens (primary N) is 1. The van der Waals surface area contributed by atoms with Crippen molar-refractivity contribution in [2.45, 2.75) is 58.4 Å². The Hall–Kier alpha value is -3.34. The van der Waals surface area contributed by atoms with E-state index in [4.69, 9.17) is 11.0 Å². The highest BCUT2D eigenvalue weighted by atomic mass is 19.3. The molecule has 0 saturated heterocycles. The molecule has 1 heterocycles. The monoisotopic (exact) mass is 439 g/mol. The molecule has 1 atom stereocenters. The Bertz CT molecular complexity index is 1100. The third kappa shape index (κ3) is 3.95. The number of nitrogens with one attached hydrogen (secondary N) is 1. The zero-order chi connectivity index (χ0) is 23.7. The number of amidine groups is 1. The Kier molecular flexibility index (Phi) is 6.05. The number of carbonyl (C=O) groups excluding carboxylic acids is 1. The maximum absolute atomic E-state index is 16.0. The minimum absolute atomic E-state index is 0.0609. The summed E-state index contributed by atoms with van der Waals surface area (Å²) in [7, 11) is 0. The number of halogens is 2. The van der Waals surface area contributed by atoms with E-state index in [1.54, 1.807) is 26.0 Å². The summed E-state index contributed by atoms with van der Waals surface area (Å²) in [5, 5.41) is 11.6. The van der Waals surface area contributed by atoms with E-state index in [-0.39, 0.29) is 11.5 Å². The summed E-state index contributed by atoms with van der Waals surface area (Å²) in [6, 6.07) is 9.70. The molecule has 0 unspecified atom stereocenters. The highest BCUT2D eigenvalue weighted by Gasteiger charge is 2.64. The van der Waals surface area contributed by atoms with Crippen LogP contribution in [0.25, 0.3) is 0 Å². The van der Waals surface area contributed by atoms with Gasteiger partial charge in [0, 0.05) is 17.3 Å². The summed E-state index contributed by atoms with van der Waals surface area (Å²) in [4.78, 5) is 20.8. The van der Waals surface area contributed by atoms with Crippen LogP contribution in [0.5, 0.6) is 0 Å². The van der Waals surface area contributed by atoms with Crippen LogP contribution in [0, 0.1) is 23.7 Å². The molecule has 8 heteroatoms. The molecule has 1 amide bonds. The van der Waals surface area contributed by atoms with E-state index in [0.29, 0.717) is 35.2 Å². The van der Waals surface area contributed by atoms with Gasteiger partial charge in [0.15, 0.2) is 0 Å². The Morgan fingerprint density at radius 2 is 2.00 bits per heavy atom. The summed E-state index contributed by atoms with van der Waals surface area (Å²) in [5.41, 5.74) is 4.41. The van der Waals surface area contributed by atoms with E-state index in [1.165, 1.54) is 38.2 Å². The average molecular weight is 440 g/mol. The first-order valence-corrected chi connectivity index (χ1v) is 10.4. The summed E-state index contributed by atoms with van der Waals surface area (Å²) in [5.74, 6) is -3.62. The molecule has 6 nitrogen and oxygen atoms in total. The van der Waals surface area contributed by atoms with Gasteiger partial charge < -0.3 is 11.1 Å². The quantitative estimate of drug-likeness (QED) is 0.492. The molecule has 0 aliphatic heterocycles. The zero-order valence-corrected chi connectivity index (χ0v) is 18.7. The Labute approximate surface area is 186 Å². The lowest BCUT2D eigenvalue weighted by Gasteiger charge is -2.51. The minimum atomic E-state index is -3.17. The molecule has 0 spiro atoms. The number of pyridine rings is 1. The summed E-state index contributed by atoms with van der Waals surface area (Å²) < 4.78 is 31.9. The van der Waals surface area contributed by atoms with E-state index >= 15 is 8.78 Å². The number of alkyl halides is 2. The molecule has 1 fully saturated rings. The standard InChI is InChI=1S/C24H27F2N5O/c1-15-6-8-18(30-21(32)20-9-7-17(13-27)14-29-20)12-19(15)23(4,31-16(2)28)24(25,26)22(3)10-5-11-22/h6-9,12,14H,5,10-11H2,1-4H3,(H2,28,31)(H,30,32)/t23-/m1/s1. The summed E-state index contributed by atoms with van der Waals surface area (Å²) in [6.07, 6.45) is 2.87. The second-order valence-corrected chi connectivity index (χ2v) is 8.84. The van der Waals surface area contributed by atoms with Gasteiger partial charge in [-0.3, -0.25) is 9.79 Å². The zero-order valence-electron chi connectivity index (χ0n) is 18.7. The fourth-order valence-corrected chi connectivity index (χ4v) is 4.27. The lowest BCUT2D eigenvalue weighted by molar-refractivity contribution is -0.196. The second-order valence-electron chi connectivity index (χ2n) is 8.84. The minimum Gasteiger partial charge on any atom is -0.388 e. The van der Waals surface area contributed by atoms with E-state index in [0.717, 1.165) is 6.42 Å². The fourth-order valence-electron chi connectivity index (χ4n) is 4.27. The third-order valence-electron chi connectivity index (χ3n) is 6.37. The van der Waals surface area contributed by atoms with E-state index in [1.807, 2.05) is 6.07 Å². The number of nitrogens with zero attached hydrogens (tertiary/aromatic N) is 3. The molecule has 0 radical (unpaired) electrons. The normalized spacial score (nSPS) is 17.6. The first-order chi connectivity index (χ1) is 14.9. The first-order valence-electron chi connectivity index (χ1n) is 10.4. The lowest BCUT2D eigenvalue weighted by Crippen LogP contribution is -2.56. The predicted molar refractivity (Wildman–Crippen MR) is 120 cm³/mol. The number of aryl methyl sites for hydroxylation is 1. The number of nitriles is 1. The van der Waals surface area contributed by atoms with Crippen LogP contribution in [-0.2, 0) is 5.54 Å². The smallest absolute Gasteiger partial charge is 0.281 e. The van der Waals surface area contributed by atoms with Crippen LogP contribution in [0.1, 0.15) is 67.2 Å². The van der Waals surface area contributed by atoms with Crippen LogP contribution in [-0.4, -0.2) is 22.6 Å². The van der Waals surface area contributed by atoms with Crippen molar-refractivity contribution in [2.24, 2.45) is 16.1 Å². The van der Waals surface area contributed by atoms with Gasteiger partial charge in [-0.15, -0.1) is 0 Å². The van der Waals surface area contributed by atoms with E-state index < -0.39 is 22.8 Å². The van der Waals surface area contributed by atoms with E-state index in [2.05, 4.69) is 15.3 Å². The molecule has 1 saturated carbocycles. The Morgan fingerprint density at radius 3 is 2.50 bits per heavy atom. The molecule has 168 valence electrons. The van der Waals surface area contributed by atoms with Crippen molar-refractivity contribution in [1.29, 1.82) is 5.26 Å². The number of aliphatic imine (C=N–C) groups is 1. The lowest BCUT2D eigenvalue weighted by atomic mass is 9.60. The van der Waals surface area contributed by atoms with Crippen LogP contribution >= 0.6 is 0 Å².